The molecule has 0 heterocycles. The first-order valence-electron chi connectivity index (χ1n) is 4.57. The molecule has 0 fully saturated rings. The van der Waals surface area contributed by atoms with Gasteiger partial charge in [0.25, 0.3) is 0 Å². The molecule has 0 aliphatic heterocycles. The van der Waals surface area contributed by atoms with E-state index in [-0.39, 0.29) is 11.7 Å². The predicted molar refractivity (Wildman–Crippen MR) is 52.1 cm³/mol. The van der Waals surface area contributed by atoms with E-state index in [0.29, 0.717) is 25.7 Å². The van der Waals surface area contributed by atoms with Crippen LogP contribution in [0, 0.1) is 0 Å². The van der Waals surface area contributed by atoms with Crippen LogP contribution in [0.2, 0.25) is 0 Å². The summed E-state index contributed by atoms with van der Waals surface area (Å²) in [7, 11) is 0. The third-order valence-electron chi connectivity index (χ3n) is 1.74. The van der Waals surface area contributed by atoms with Gasteiger partial charge >= 0.3 is 0 Å². The Morgan fingerprint density at radius 1 is 1.15 bits per heavy atom. The van der Waals surface area contributed by atoms with Crippen LogP contribution in [0.3, 0.4) is 0 Å². The minimum Gasteiger partial charge on any atom is -0.370 e. The number of carbonyl (C=O) groups excluding carboxylic acids is 2. The summed E-state index contributed by atoms with van der Waals surface area (Å²) in [6.45, 7) is 3.57. The van der Waals surface area contributed by atoms with Crippen LogP contribution in [0.25, 0.3) is 0 Å². The highest BCUT2D eigenvalue weighted by molar-refractivity contribution is 5.79. The predicted octanol–water partition coefficient (Wildman–Crippen LogP) is 1.57. The highest BCUT2D eigenvalue weighted by Gasteiger charge is 2.02. The van der Waals surface area contributed by atoms with E-state index >= 15 is 0 Å². The number of carbonyl (C=O) groups is 2. The molecule has 1 amide bonds. The molecule has 0 spiro atoms. The van der Waals surface area contributed by atoms with E-state index in [1.54, 1.807) is 6.08 Å². The van der Waals surface area contributed by atoms with Crippen molar-refractivity contribution in [3.05, 3.63) is 12.7 Å². The highest BCUT2D eigenvalue weighted by Crippen LogP contribution is 2.03. The topological polar surface area (TPSA) is 60.2 Å². The summed E-state index contributed by atoms with van der Waals surface area (Å²) in [4.78, 5) is 21.5. The van der Waals surface area contributed by atoms with Crippen molar-refractivity contribution in [1.82, 2.24) is 0 Å². The maximum absolute atomic E-state index is 11.1. The average Bonchev–Trinajstić information content (AvgIpc) is 2.04. The third kappa shape index (κ3) is 8.79. The lowest BCUT2D eigenvalue weighted by Crippen LogP contribution is -2.10. The number of ketones is 1. The number of rotatable bonds is 8. The van der Waals surface area contributed by atoms with E-state index < -0.39 is 0 Å². The lowest BCUT2D eigenvalue weighted by Gasteiger charge is -1.97. The number of hydrogen-bond acceptors (Lipinski definition) is 2. The Kier molecular flexibility index (Phi) is 6.88. The molecule has 13 heavy (non-hydrogen) atoms. The highest BCUT2D eigenvalue weighted by atomic mass is 16.1. The Morgan fingerprint density at radius 2 is 1.77 bits per heavy atom. The van der Waals surface area contributed by atoms with E-state index in [0.717, 1.165) is 12.8 Å². The number of unbranched alkanes of at least 4 members (excludes halogenated alkanes) is 1. The average molecular weight is 183 g/mol. The number of allylic oxidation sites excluding steroid dienone is 1. The van der Waals surface area contributed by atoms with E-state index in [1.807, 2.05) is 0 Å². The molecule has 0 aromatic carbocycles. The maximum atomic E-state index is 11.1. The molecule has 2 N–H and O–H groups in total. The molecule has 0 unspecified atom stereocenters. The number of hydrogen-bond donors (Lipinski definition) is 1. The van der Waals surface area contributed by atoms with Gasteiger partial charge in [0.05, 0.1) is 0 Å². The first-order valence-corrected chi connectivity index (χ1v) is 4.57. The normalized spacial score (nSPS) is 9.54. The molecule has 0 aromatic rings. The van der Waals surface area contributed by atoms with Crippen LogP contribution >= 0.6 is 0 Å². The zero-order valence-electron chi connectivity index (χ0n) is 7.92. The van der Waals surface area contributed by atoms with Crippen LogP contribution in [0.4, 0.5) is 0 Å². The van der Waals surface area contributed by atoms with Gasteiger partial charge in [0, 0.05) is 19.3 Å². The van der Waals surface area contributed by atoms with Gasteiger partial charge in [-0.25, -0.2) is 0 Å². The molecule has 3 nitrogen and oxygen atoms in total. The standard InChI is InChI=1S/C10H17NO2/c1-2-3-4-6-9(12)7-5-8-10(11)13/h2H,1,3-8H2,(H2,11,13). The van der Waals surface area contributed by atoms with Crippen LogP contribution in [0.5, 0.6) is 0 Å². The fourth-order valence-electron chi connectivity index (χ4n) is 1.03. The fraction of sp³-hybridized carbons (Fsp3) is 0.600. The van der Waals surface area contributed by atoms with Gasteiger partial charge in [0.1, 0.15) is 5.78 Å². The molecule has 0 rings (SSSR count). The molecular weight excluding hydrogens is 166 g/mol. The second-order valence-electron chi connectivity index (χ2n) is 3.04. The molecule has 0 saturated heterocycles. The van der Waals surface area contributed by atoms with Crippen molar-refractivity contribution in [1.29, 1.82) is 0 Å². The summed E-state index contributed by atoms with van der Waals surface area (Å²) < 4.78 is 0. The Morgan fingerprint density at radius 3 is 2.31 bits per heavy atom. The van der Waals surface area contributed by atoms with Crippen molar-refractivity contribution in [2.45, 2.75) is 38.5 Å². The first-order chi connectivity index (χ1) is 6.16. The van der Waals surface area contributed by atoms with E-state index in [4.69, 9.17) is 5.73 Å². The molecule has 0 saturated carbocycles. The Labute approximate surface area is 79.0 Å². The summed E-state index contributed by atoms with van der Waals surface area (Å²) >= 11 is 0. The van der Waals surface area contributed by atoms with Crippen molar-refractivity contribution in [3.8, 4) is 0 Å². The Hall–Kier alpha value is -1.12. The third-order valence-corrected chi connectivity index (χ3v) is 1.74. The number of nitrogens with two attached hydrogens (primary N) is 1. The largest absolute Gasteiger partial charge is 0.370 e. The first kappa shape index (κ1) is 11.9. The lowest BCUT2D eigenvalue weighted by molar-refractivity contribution is -0.120. The van der Waals surface area contributed by atoms with Crippen LogP contribution < -0.4 is 5.73 Å². The van der Waals surface area contributed by atoms with Crippen LogP contribution in [-0.2, 0) is 9.59 Å². The van der Waals surface area contributed by atoms with Gasteiger partial charge < -0.3 is 5.73 Å². The monoisotopic (exact) mass is 183 g/mol. The summed E-state index contributed by atoms with van der Waals surface area (Å²) in [6, 6.07) is 0. The molecule has 0 aliphatic rings. The van der Waals surface area contributed by atoms with E-state index in [1.165, 1.54) is 0 Å². The Bertz CT molecular complexity index is 187. The van der Waals surface area contributed by atoms with E-state index in [9.17, 15) is 9.59 Å². The van der Waals surface area contributed by atoms with Crippen LogP contribution in [0.1, 0.15) is 38.5 Å². The van der Waals surface area contributed by atoms with Crippen molar-refractivity contribution < 1.29 is 9.59 Å². The SMILES string of the molecule is C=CCCCC(=O)CCCC(N)=O. The zero-order valence-corrected chi connectivity index (χ0v) is 7.92. The summed E-state index contributed by atoms with van der Waals surface area (Å²) in [5.41, 5.74) is 4.94. The minimum atomic E-state index is -0.334. The van der Waals surface area contributed by atoms with Gasteiger partial charge in [-0.1, -0.05) is 6.08 Å². The second kappa shape index (κ2) is 7.53. The van der Waals surface area contributed by atoms with Crippen molar-refractivity contribution in [3.63, 3.8) is 0 Å². The molecule has 3 heteroatoms. The second-order valence-corrected chi connectivity index (χ2v) is 3.04. The zero-order chi connectivity index (χ0) is 10.1. The van der Waals surface area contributed by atoms with Gasteiger partial charge in [-0.3, -0.25) is 9.59 Å². The Balaban J connectivity index is 3.30. The van der Waals surface area contributed by atoms with E-state index in [2.05, 4.69) is 6.58 Å². The summed E-state index contributed by atoms with van der Waals surface area (Å²) in [5, 5.41) is 0. The fourth-order valence-corrected chi connectivity index (χ4v) is 1.03. The lowest BCUT2D eigenvalue weighted by atomic mass is 10.1. The molecule has 0 bridgehead atoms. The van der Waals surface area contributed by atoms with Crippen LogP contribution in [0.15, 0.2) is 12.7 Å². The summed E-state index contributed by atoms with van der Waals surface area (Å²) in [6.07, 6.45) is 5.50. The molecule has 0 radical (unpaired) electrons. The van der Waals surface area contributed by atoms with Crippen molar-refractivity contribution in [2.24, 2.45) is 5.73 Å². The molecule has 0 atom stereocenters. The van der Waals surface area contributed by atoms with Gasteiger partial charge in [-0.2, -0.15) is 0 Å². The maximum Gasteiger partial charge on any atom is 0.217 e. The number of primary amides is 1. The van der Waals surface area contributed by atoms with Gasteiger partial charge in [-0.05, 0) is 19.3 Å². The quantitative estimate of drug-likeness (QED) is 0.458. The van der Waals surface area contributed by atoms with Crippen molar-refractivity contribution >= 4 is 11.7 Å². The molecule has 0 aromatic heterocycles. The number of amides is 1. The number of Topliss-reactive ketones (excluding diaryl/α,β-unsaturated/α-hetero) is 1. The molecule has 74 valence electrons. The summed E-state index contributed by atoms with van der Waals surface area (Å²) in [5.74, 6) is -0.123. The van der Waals surface area contributed by atoms with Gasteiger partial charge in [0.15, 0.2) is 0 Å². The van der Waals surface area contributed by atoms with Gasteiger partial charge in [0.2, 0.25) is 5.91 Å². The minimum absolute atomic E-state index is 0.211. The smallest absolute Gasteiger partial charge is 0.217 e. The van der Waals surface area contributed by atoms with Crippen molar-refractivity contribution in [2.75, 3.05) is 0 Å². The van der Waals surface area contributed by atoms with Gasteiger partial charge in [-0.15, -0.1) is 6.58 Å². The molecular formula is C10H17NO2. The molecule has 0 aliphatic carbocycles. The van der Waals surface area contributed by atoms with Crippen LogP contribution in [-0.4, -0.2) is 11.7 Å².